The number of hydrogen-bond acceptors (Lipinski definition) is 4. The van der Waals surface area contributed by atoms with Crippen LogP contribution in [0.3, 0.4) is 0 Å². The van der Waals surface area contributed by atoms with Gasteiger partial charge in [-0.3, -0.25) is 13.9 Å². The number of anilines is 1. The van der Waals surface area contributed by atoms with E-state index in [1.54, 1.807) is 6.92 Å². The van der Waals surface area contributed by atoms with Gasteiger partial charge in [0, 0.05) is 17.1 Å². The number of benzene rings is 2. The highest BCUT2D eigenvalue weighted by Crippen LogP contribution is 2.35. The van der Waals surface area contributed by atoms with Crippen molar-refractivity contribution in [1.29, 1.82) is 0 Å². The molecule has 0 aliphatic carbocycles. The Kier molecular flexibility index (Phi) is 10.7. The van der Waals surface area contributed by atoms with E-state index in [-0.39, 0.29) is 39.2 Å². The molecule has 2 amide bonds. The first-order valence-electron chi connectivity index (χ1n) is 10.7. The molecule has 0 aliphatic heterocycles. The molecular weight excluding hydrogens is 601 g/mol. The summed E-state index contributed by atoms with van der Waals surface area (Å²) in [6.07, 6.45) is 1.67. The summed E-state index contributed by atoms with van der Waals surface area (Å²) in [5.41, 5.74) is 0.778. The zero-order valence-corrected chi connectivity index (χ0v) is 24.4. The number of nitrogens with one attached hydrogen (secondary N) is 1. The molecule has 0 bridgehead atoms. The van der Waals surface area contributed by atoms with Crippen molar-refractivity contribution in [3.63, 3.8) is 0 Å². The summed E-state index contributed by atoms with van der Waals surface area (Å²) < 4.78 is 27.0. The summed E-state index contributed by atoms with van der Waals surface area (Å²) in [5.74, 6) is -0.935. The fourth-order valence-electron chi connectivity index (χ4n) is 3.13. The number of sulfonamides is 1. The molecule has 0 saturated carbocycles. The van der Waals surface area contributed by atoms with Crippen LogP contribution in [-0.2, 0) is 26.2 Å². The number of nitrogens with zero attached hydrogens (tertiary/aromatic N) is 2. The average Bonchev–Trinajstić information content (AvgIpc) is 2.78. The van der Waals surface area contributed by atoms with Crippen molar-refractivity contribution < 1.29 is 18.0 Å². The molecule has 2 aromatic carbocycles. The first kappa shape index (κ1) is 29.7. The van der Waals surface area contributed by atoms with Gasteiger partial charge in [-0.25, -0.2) is 8.42 Å². The molecule has 0 aliphatic rings. The SMILES string of the molecule is CC[C@@H](C)NC(=O)[C@H](C)N(Cc1ccc(Br)cc1)C(=O)CN(c1cc(Cl)c(Cl)cc1Cl)S(C)(=O)=O. The summed E-state index contributed by atoms with van der Waals surface area (Å²) in [6, 6.07) is 8.91. The van der Waals surface area contributed by atoms with Gasteiger partial charge in [0.05, 0.1) is 27.0 Å². The smallest absolute Gasteiger partial charge is 0.244 e. The van der Waals surface area contributed by atoms with E-state index in [1.807, 2.05) is 38.1 Å². The summed E-state index contributed by atoms with van der Waals surface area (Å²) in [6.45, 7) is 4.90. The van der Waals surface area contributed by atoms with E-state index in [0.29, 0.717) is 0 Å². The van der Waals surface area contributed by atoms with Crippen molar-refractivity contribution in [3.8, 4) is 0 Å². The van der Waals surface area contributed by atoms with Gasteiger partial charge in [-0.2, -0.15) is 0 Å². The maximum Gasteiger partial charge on any atom is 0.244 e. The lowest BCUT2D eigenvalue weighted by Crippen LogP contribution is -2.52. The number of carbonyl (C=O) groups excluding carboxylic acids is 2. The molecule has 12 heteroatoms. The Labute approximate surface area is 229 Å². The number of amides is 2. The summed E-state index contributed by atoms with van der Waals surface area (Å²) in [5, 5.41) is 3.12. The highest BCUT2D eigenvalue weighted by molar-refractivity contribution is 9.10. The Morgan fingerprint density at radius 2 is 1.60 bits per heavy atom. The summed E-state index contributed by atoms with van der Waals surface area (Å²) >= 11 is 21.7. The largest absolute Gasteiger partial charge is 0.352 e. The van der Waals surface area contributed by atoms with Crippen LogP contribution in [0.15, 0.2) is 40.9 Å². The Hall–Kier alpha value is -1.52. The lowest BCUT2D eigenvalue weighted by Gasteiger charge is -2.32. The van der Waals surface area contributed by atoms with Crippen molar-refractivity contribution >= 4 is 78.3 Å². The normalized spacial score (nSPS) is 13.1. The minimum absolute atomic E-state index is 0.0113. The standard InChI is InChI=1S/C23H27BrCl3N3O4S/c1-5-14(2)28-23(32)15(3)29(12-16-6-8-17(24)9-7-16)22(31)13-30(35(4,33)34)21-11-19(26)18(25)10-20(21)27/h6-11,14-15H,5,12-13H2,1-4H3,(H,28,32)/t14-,15+/m1/s1. The van der Waals surface area contributed by atoms with Crippen LogP contribution in [0.25, 0.3) is 0 Å². The zero-order valence-electron chi connectivity index (χ0n) is 19.7. The first-order valence-corrected chi connectivity index (χ1v) is 14.5. The molecular formula is C23H27BrCl3N3O4S. The van der Waals surface area contributed by atoms with E-state index >= 15 is 0 Å². The Balaban J connectivity index is 2.45. The van der Waals surface area contributed by atoms with E-state index in [1.165, 1.54) is 17.0 Å². The van der Waals surface area contributed by atoms with E-state index in [0.717, 1.165) is 27.0 Å². The molecule has 2 rings (SSSR count). The number of carbonyl (C=O) groups is 2. The summed E-state index contributed by atoms with van der Waals surface area (Å²) in [7, 11) is -3.95. The van der Waals surface area contributed by atoms with Crippen LogP contribution in [-0.4, -0.2) is 50.0 Å². The molecule has 35 heavy (non-hydrogen) atoms. The van der Waals surface area contributed by atoms with Crippen LogP contribution in [0, 0.1) is 0 Å². The van der Waals surface area contributed by atoms with Crippen molar-refractivity contribution in [3.05, 3.63) is 61.5 Å². The molecule has 192 valence electrons. The molecule has 0 unspecified atom stereocenters. The molecule has 7 nitrogen and oxygen atoms in total. The van der Waals surface area contributed by atoms with Gasteiger partial charge in [-0.1, -0.05) is 69.8 Å². The molecule has 0 saturated heterocycles. The van der Waals surface area contributed by atoms with Crippen LogP contribution in [0.5, 0.6) is 0 Å². The number of rotatable bonds is 10. The van der Waals surface area contributed by atoms with E-state index in [2.05, 4.69) is 21.2 Å². The van der Waals surface area contributed by atoms with Gasteiger partial charge in [0.15, 0.2) is 0 Å². The van der Waals surface area contributed by atoms with Gasteiger partial charge in [0.1, 0.15) is 12.6 Å². The minimum Gasteiger partial charge on any atom is -0.352 e. The minimum atomic E-state index is -3.95. The molecule has 0 spiro atoms. The highest BCUT2D eigenvalue weighted by atomic mass is 79.9. The van der Waals surface area contributed by atoms with Gasteiger partial charge in [-0.05, 0) is 50.1 Å². The maximum absolute atomic E-state index is 13.5. The molecule has 2 atom stereocenters. The summed E-state index contributed by atoms with van der Waals surface area (Å²) in [4.78, 5) is 27.8. The second-order valence-corrected chi connectivity index (χ2v) is 12.2. The first-order chi connectivity index (χ1) is 16.2. The van der Waals surface area contributed by atoms with Gasteiger partial charge < -0.3 is 10.2 Å². The predicted molar refractivity (Wildman–Crippen MR) is 146 cm³/mol. The van der Waals surface area contributed by atoms with Crippen LogP contribution in [0.4, 0.5) is 5.69 Å². The molecule has 0 radical (unpaired) electrons. The van der Waals surface area contributed by atoms with Crippen LogP contribution >= 0.6 is 50.7 Å². The maximum atomic E-state index is 13.5. The third-order valence-corrected chi connectivity index (χ3v) is 8.05. The number of halogens is 4. The van der Waals surface area contributed by atoms with Crippen molar-refractivity contribution in [2.24, 2.45) is 0 Å². The second-order valence-electron chi connectivity index (χ2n) is 8.13. The van der Waals surface area contributed by atoms with Crippen molar-refractivity contribution in [2.75, 3.05) is 17.1 Å². The second kappa shape index (κ2) is 12.6. The van der Waals surface area contributed by atoms with Crippen molar-refractivity contribution in [2.45, 2.75) is 45.8 Å². The topological polar surface area (TPSA) is 86.8 Å². The Morgan fingerprint density at radius 3 is 2.14 bits per heavy atom. The zero-order chi connectivity index (χ0) is 26.5. The molecule has 2 aromatic rings. The van der Waals surface area contributed by atoms with Gasteiger partial charge >= 0.3 is 0 Å². The lowest BCUT2D eigenvalue weighted by molar-refractivity contribution is -0.139. The molecule has 0 heterocycles. The van der Waals surface area contributed by atoms with Crippen LogP contribution in [0.1, 0.15) is 32.8 Å². The van der Waals surface area contributed by atoms with Gasteiger partial charge in [0.25, 0.3) is 0 Å². The van der Waals surface area contributed by atoms with Crippen LogP contribution < -0.4 is 9.62 Å². The Morgan fingerprint density at radius 1 is 1.03 bits per heavy atom. The van der Waals surface area contributed by atoms with E-state index in [4.69, 9.17) is 34.8 Å². The number of hydrogen-bond donors (Lipinski definition) is 1. The van der Waals surface area contributed by atoms with Crippen LogP contribution in [0.2, 0.25) is 15.1 Å². The quantitative estimate of drug-likeness (QED) is 0.352. The average molecular weight is 628 g/mol. The van der Waals surface area contributed by atoms with Crippen molar-refractivity contribution in [1.82, 2.24) is 10.2 Å². The van der Waals surface area contributed by atoms with E-state index < -0.39 is 28.5 Å². The third kappa shape index (κ3) is 8.25. The van der Waals surface area contributed by atoms with E-state index in [9.17, 15) is 18.0 Å². The van der Waals surface area contributed by atoms with Gasteiger partial charge in [-0.15, -0.1) is 0 Å². The lowest BCUT2D eigenvalue weighted by atomic mass is 10.1. The molecule has 0 fully saturated rings. The fraction of sp³-hybridized carbons (Fsp3) is 0.391. The fourth-order valence-corrected chi connectivity index (χ4v) is 4.94. The Bertz CT molecular complexity index is 1180. The third-order valence-electron chi connectivity index (χ3n) is 5.37. The predicted octanol–water partition coefficient (Wildman–Crippen LogP) is 5.51. The molecule has 1 N–H and O–H groups in total. The molecule has 0 aromatic heterocycles. The highest BCUT2D eigenvalue weighted by Gasteiger charge is 2.31. The van der Waals surface area contributed by atoms with Gasteiger partial charge in [0.2, 0.25) is 21.8 Å². The monoisotopic (exact) mass is 625 g/mol.